The fraction of sp³-hybridized carbons (Fsp3) is 0.389. The van der Waals surface area contributed by atoms with Crippen LogP contribution in [-0.2, 0) is 27.4 Å². The first-order chi connectivity index (χ1) is 14.5. The quantitative estimate of drug-likeness (QED) is 0.556. The first kappa shape index (κ1) is 22.7. The summed E-state index contributed by atoms with van der Waals surface area (Å²) in [5, 5.41) is 8.06. The Balaban J connectivity index is 1.77. The van der Waals surface area contributed by atoms with Crippen molar-refractivity contribution < 1.29 is 26.4 Å². The molecule has 2 aromatic rings. The fourth-order valence-electron chi connectivity index (χ4n) is 2.91. The van der Waals surface area contributed by atoms with Gasteiger partial charge in [-0.3, -0.25) is 4.79 Å². The molecule has 0 atom stereocenters. The Morgan fingerprint density at radius 2 is 2.03 bits per heavy atom. The lowest BCUT2D eigenvalue weighted by molar-refractivity contribution is -0.137. The number of sulfonamides is 1. The standard InChI is InChI=1S/C18H21F3N6O3S/c1-3-31(29,30)27(2)7-6-22-16-13(18(19,20)21)10-23-17(26-16)24-12-4-5-14-11(8-12)9-15(28)25-14/h4-5,8,10H,3,6-7,9H2,1-2H3,(H,25,28)(H2,22,23,24,26). The molecule has 3 rings (SSSR count). The van der Waals surface area contributed by atoms with Crippen molar-refractivity contribution in [3.63, 3.8) is 0 Å². The smallest absolute Gasteiger partial charge is 0.368 e. The van der Waals surface area contributed by atoms with Gasteiger partial charge in [0.25, 0.3) is 0 Å². The minimum Gasteiger partial charge on any atom is -0.368 e. The monoisotopic (exact) mass is 458 g/mol. The van der Waals surface area contributed by atoms with Gasteiger partial charge in [-0.05, 0) is 30.7 Å². The summed E-state index contributed by atoms with van der Waals surface area (Å²) in [6.07, 6.45) is -3.83. The van der Waals surface area contributed by atoms with E-state index < -0.39 is 27.6 Å². The number of halogens is 3. The van der Waals surface area contributed by atoms with Gasteiger partial charge in [0.15, 0.2) is 0 Å². The average Bonchev–Trinajstić information content (AvgIpc) is 3.06. The molecule has 3 N–H and O–H groups in total. The summed E-state index contributed by atoms with van der Waals surface area (Å²) in [7, 11) is -2.10. The number of amides is 1. The molecule has 1 aliphatic heterocycles. The van der Waals surface area contributed by atoms with Crippen LogP contribution in [0.2, 0.25) is 0 Å². The molecule has 1 aromatic carbocycles. The molecule has 0 aliphatic carbocycles. The van der Waals surface area contributed by atoms with Crippen LogP contribution in [0.25, 0.3) is 0 Å². The number of aromatic nitrogens is 2. The highest BCUT2D eigenvalue weighted by molar-refractivity contribution is 7.89. The van der Waals surface area contributed by atoms with Crippen LogP contribution in [0.3, 0.4) is 0 Å². The first-order valence-electron chi connectivity index (χ1n) is 9.31. The number of rotatable bonds is 8. The molecule has 2 heterocycles. The lowest BCUT2D eigenvalue weighted by Gasteiger charge is -2.18. The third kappa shape index (κ3) is 5.41. The molecule has 0 unspecified atom stereocenters. The van der Waals surface area contributed by atoms with Gasteiger partial charge in [0.1, 0.15) is 11.4 Å². The summed E-state index contributed by atoms with van der Waals surface area (Å²) in [5.41, 5.74) is 0.871. The van der Waals surface area contributed by atoms with Crippen LogP contribution in [0.5, 0.6) is 0 Å². The number of alkyl halides is 3. The number of fused-ring (bicyclic) bond motifs is 1. The molecule has 0 saturated carbocycles. The topological polar surface area (TPSA) is 116 Å². The lowest BCUT2D eigenvalue weighted by atomic mass is 10.1. The zero-order chi connectivity index (χ0) is 22.8. The van der Waals surface area contributed by atoms with Crippen molar-refractivity contribution in [2.24, 2.45) is 0 Å². The SMILES string of the molecule is CCS(=O)(=O)N(C)CCNc1nc(Nc2ccc3c(c2)CC(=O)N3)ncc1C(F)(F)F. The van der Waals surface area contributed by atoms with E-state index in [9.17, 15) is 26.4 Å². The first-order valence-corrected chi connectivity index (χ1v) is 10.9. The van der Waals surface area contributed by atoms with Crippen LogP contribution in [0.4, 0.5) is 36.3 Å². The summed E-state index contributed by atoms with van der Waals surface area (Å²) in [6.45, 7) is 1.36. The third-order valence-electron chi connectivity index (χ3n) is 4.64. The van der Waals surface area contributed by atoms with E-state index in [1.54, 1.807) is 18.2 Å². The Morgan fingerprint density at radius 1 is 1.29 bits per heavy atom. The summed E-state index contributed by atoms with van der Waals surface area (Å²) < 4.78 is 64.6. The van der Waals surface area contributed by atoms with Crippen molar-refractivity contribution in [3.8, 4) is 0 Å². The van der Waals surface area contributed by atoms with Gasteiger partial charge in [0.2, 0.25) is 21.9 Å². The normalized spacial score (nSPS) is 13.8. The highest BCUT2D eigenvalue weighted by Crippen LogP contribution is 2.34. The summed E-state index contributed by atoms with van der Waals surface area (Å²) >= 11 is 0. The number of hydrogen-bond acceptors (Lipinski definition) is 7. The van der Waals surface area contributed by atoms with E-state index >= 15 is 0 Å². The second-order valence-corrected chi connectivity index (χ2v) is 9.19. The maximum atomic E-state index is 13.3. The number of carbonyl (C=O) groups excluding carboxylic acids is 1. The highest BCUT2D eigenvalue weighted by atomic mass is 32.2. The van der Waals surface area contributed by atoms with Crippen molar-refractivity contribution in [3.05, 3.63) is 35.5 Å². The minimum absolute atomic E-state index is 0.0356. The van der Waals surface area contributed by atoms with Crippen LogP contribution < -0.4 is 16.0 Å². The number of carbonyl (C=O) groups is 1. The minimum atomic E-state index is -4.69. The van der Waals surface area contributed by atoms with E-state index in [1.807, 2.05) is 0 Å². The van der Waals surface area contributed by atoms with Gasteiger partial charge in [-0.2, -0.15) is 18.2 Å². The predicted molar refractivity (Wildman–Crippen MR) is 110 cm³/mol. The molecular formula is C18H21F3N6O3S. The average molecular weight is 458 g/mol. The highest BCUT2D eigenvalue weighted by Gasteiger charge is 2.35. The Bertz CT molecular complexity index is 1090. The molecule has 0 radical (unpaired) electrons. The zero-order valence-electron chi connectivity index (χ0n) is 16.7. The fourth-order valence-corrected chi connectivity index (χ4v) is 3.72. The van der Waals surface area contributed by atoms with Crippen molar-refractivity contribution in [1.82, 2.24) is 14.3 Å². The molecule has 1 amide bonds. The molecule has 0 saturated heterocycles. The number of nitrogens with one attached hydrogen (secondary N) is 3. The van der Waals surface area contributed by atoms with Crippen LogP contribution >= 0.6 is 0 Å². The van der Waals surface area contributed by atoms with E-state index in [4.69, 9.17) is 0 Å². The Labute approximate surface area is 177 Å². The Hall–Kier alpha value is -2.93. The maximum Gasteiger partial charge on any atom is 0.421 e. The van der Waals surface area contributed by atoms with Gasteiger partial charge < -0.3 is 16.0 Å². The van der Waals surface area contributed by atoms with Crippen LogP contribution in [0.1, 0.15) is 18.1 Å². The maximum absolute atomic E-state index is 13.3. The second kappa shape index (κ2) is 8.67. The molecule has 31 heavy (non-hydrogen) atoms. The molecular weight excluding hydrogens is 437 g/mol. The molecule has 1 aliphatic rings. The molecule has 0 fully saturated rings. The van der Waals surface area contributed by atoms with Crippen molar-refractivity contribution >= 4 is 39.1 Å². The second-order valence-electron chi connectivity index (χ2n) is 6.82. The summed E-state index contributed by atoms with van der Waals surface area (Å²) in [4.78, 5) is 19.1. The number of nitrogens with zero attached hydrogens (tertiary/aromatic N) is 3. The van der Waals surface area contributed by atoms with Gasteiger partial charge >= 0.3 is 6.18 Å². The van der Waals surface area contributed by atoms with Crippen molar-refractivity contribution in [2.45, 2.75) is 19.5 Å². The van der Waals surface area contributed by atoms with E-state index in [2.05, 4.69) is 25.9 Å². The van der Waals surface area contributed by atoms with Gasteiger partial charge in [0, 0.05) is 37.7 Å². The third-order valence-corrected chi connectivity index (χ3v) is 6.50. The molecule has 0 bridgehead atoms. The zero-order valence-corrected chi connectivity index (χ0v) is 17.6. The number of hydrogen-bond donors (Lipinski definition) is 3. The number of anilines is 4. The van der Waals surface area contributed by atoms with E-state index in [1.165, 1.54) is 14.0 Å². The van der Waals surface area contributed by atoms with Crippen molar-refractivity contribution in [2.75, 3.05) is 41.8 Å². The van der Waals surface area contributed by atoms with Gasteiger partial charge in [-0.15, -0.1) is 0 Å². The molecule has 168 valence electrons. The largest absolute Gasteiger partial charge is 0.421 e. The van der Waals surface area contributed by atoms with Gasteiger partial charge in [0.05, 0.1) is 12.2 Å². The van der Waals surface area contributed by atoms with E-state index in [-0.39, 0.29) is 37.1 Å². The van der Waals surface area contributed by atoms with Gasteiger partial charge in [-0.25, -0.2) is 17.7 Å². The molecule has 9 nitrogen and oxygen atoms in total. The Morgan fingerprint density at radius 3 is 2.71 bits per heavy atom. The van der Waals surface area contributed by atoms with Crippen LogP contribution in [0, 0.1) is 0 Å². The van der Waals surface area contributed by atoms with Crippen molar-refractivity contribution in [1.29, 1.82) is 0 Å². The Kier molecular flexibility index (Phi) is 6.36. The molecule has 13 heteroatoms. The van der Waals surface area contributed by atoms with Gasteiger partial charge in [-0.1, -0.05) is 0 Å². The summed E-state index contributed by atoms with van der Waals surface area (Å²) in [5.74, 6) is -0.798. The van der Waals surface area contributed by atoms with Crippen LogP contribution in [-0.4, -0.2) is 54.5 Å². The summed E-state index contributed by atoms with van der Waals surface area (Å²) in [6, 6.07) is 5.00. The van der Waals surface area contributed by atoms with E-state index in [0.717, 1.165) is 9.87 Å². The predicted octanol–water partition coefficient (Wildman–Crippen LogP) is 2.43. The molecule has 1 aromatic heterocycles. The van der Waals surface area contributed by atoms with E-state index in [0.29, 0.717) is 17.6 Å². The number of likely N-dealkylation sites (N-methyl/N-ethyl adjacent to an activating group) is 1. The molecule has 0 spiro atoms. The lowest BCUT2D eigenvalue weighted by Crippen LogP contribution is -2.33. The number of benzene rings is 1. The van der Waals surface area contributed by atoms with Crippen LogP contribution in [0.15, 0.2) is 24.4 Å².